The number of carbonyl (C=O) groups excluding carboxylic acids is 3. The fourth-order valence-electron chi connectivity index (χ4n) is 8.71. The standard InChI is InChI=1S/C65H114O6/c1-4-7-10-13-16-19-22-25-27-29-30-31-32-33-34-36-37-40-43-46-49-52-55-58-64(67)70-61-62(60-69-63(66)57-54-51-48-45-42-39-24-21-18-15-12-9-6-3)71-65(68)59-56-53-50-47-44-41-38-35-28-26-23-20-17-14-11-8-5-2/h8-9,11-12,17-18,20-21,26,28,39,42,62H,4-7,10,13-16,19,22-25,27,29-38,40-41,43-61H2,1-3H3/b11-8-,12-9-,20-17-,21-18-,28-26-,42-39-. The molecule has 0 fully saturated rings. The SMILES string of the molecule is CC/C=C\C/C=C\C/C=C\CCCCCCCCCC(=O)OC(COC(=O)CCCCC/C=C\C/C=C\C/C=C\CC)COC(=O)CCCCCCCCCCCCCCCCCCCCCCCCC. The highest BCUT2D eigenvalue weighted by Crippen LogP contribution is 2.17. The summed E-state index contributed by atoms with van der Waals surface area (Å²) in [5.74, 6) is -0.915. The van der Waals surface area contributed by atoms with Crippen LogP contribution in [0.3, 0.4) is 0 Å². The average molecular weight is 992 g/mol. The van der Waals surface area contributed by atoms with Gasteiger partial charge in [0.1, 0.15) is 13.2 Å². The molecule has 0 saturated carbocycles. The summed E-state index contributed by atoms with van der Waals surface area (Å²) in [7, 11) is 0. The van der Waals surface area contributed by atoms with Crippen molar-refractivity contribution in [3.63, 3.8) is 0 Å². The Hall–Kier alpha value is -3.15. The molecule has 0 spiro atoms. The van der Waals surface area contributed by atoms with Crippen LogP contribution in [-0.4, -0.2) is 37.2 Å². The lowest BCUT2D eigenvalue weighted by molar-refractivity contribution is -0.167. The second kappa shape index (κ2) is 59.4. The molecule has 0 amide bonds. The normalized spacial score (nSPS) is 12.5. The van der Waals surface area contributed by atoms with Crippen molar-refractivity contribution in [3.05, 3.63) is 72.9 Å². The van der Waals surface area contributed by atoms with Crippen molar-refractivity contribution in [3.8, 4) is 0 Å². The molecule has 0 radical (unpaired) electrons. The summed E-state index contributed by atoms with van der Waals surface area (Å²) in [6.07, 6.45) is 76.3. The minimum absolute atomic E-state index is 0.0866. The molecule has 0 N–H and O–H groups in total. The molecule has 0 bridgehead atoms. The molecule has 0 aromatic carbocycles. The molecule has 71 heavy (non-hydrogen) atoms. The Morgan fingerprint density at radius 3 is 0.873 bits per heavy atom. The minimum atomic E-state index is -0.792. The maximum Gasteiger partial charge on any atom is 0.306 e. The lowest BCUT2D eigenvalue weighted by atomic mass is 10.0. The van der Waals surface area contributed by atoms with Gasteiger partial charge in [0.25, 0.3) is 0 Å². The van der Waals surface area contributed by atoms with Gasteiger partial charge >= 0.3 is 17.9 Å². The number of allylic oxidation sites excluding steroid dienone is 12. The number of hydrogen-bond donors (Lipinski definition) is 0. The topological polar surface area (TPSA) is 78.9 Å². The second-order valence-corrected chi connectivity index (χ2v) is 20.2. The highest BCUT2D eigenvalue weighted by molar-refractivity contribution is 5.71. The molecule has 0 aliphatic rings. The van der Waals surface area contributed by atoms with Crippen LogP contribution in [0.2, 0.25) is 0 Å². The summed E-state index contributed by atoms with van der Waals surface area (Å²) in [4.78, 5) is 38.2. The van der Waals surface area contributed by atoms with E-state index >= 15 is 0 Å². The molecule has 6 nitrogen and oxygen atoms in total. The largest absolute Gasteiger partial charge is 0.462 e. The Balaban J connectivity index is 4.31. The molecular weight excluding hydrogens is 877 g/mol. The molecule has 0 heterocycles. The van der Waals surface area contributed by atoms with Crippen molar-refractivity contribution in [1.29, 1.82) is 0 Å². The van der Waals surface area contributed by atoms with Crippen LogP contribution in [0.25, 0.3) is 0 Å². The third-order valence-electron chi connectivity index (χ3n) is 13.2. The predicted molar refractivity (Wildman–Crippen MR) is 307 cm³/mol. The average Bonchev–Trinajstić information content (AvgIpc) is 3.37. The molecule has 0 aromatic rings. The van der Waals surface area contributed by atoms with Gasteiger partial charge in [-0.05, 0) is 83.5 Å². The fraction of sp³-hybridized carbons (Fsp3) is 0.769. The number of rotatable bonds is 55. The molecule has 0 aromatic heterocycles. The van der Waals surface area contributed by atoms with E-state index in [2.05, 4.69) is 93.7 Å². The first-order valence-electron chi connectivity index (χ1n) is 30.4. The van der Waals surface area contributed by atoms with Gasteiger partial charge in [-0.15, -0.1) is 0 Å². The molecule has 0 saturated heterocycles. The van der Waals surface area contributed by atoms with E-state index in [1.165, 1.54) is 154 Å². The maximum atomic E-state index is 12.9. The van der Waals surface area contributed by atoms with Gasteiger partial charge < -0.3 is 14.2 Å². The van der Waals surface area contributed by atoms with Gasteiger partial charge in [-0.1, -0.05) is 273 Å². The van der Waals surface area contributed by atoms with Gasteiger partial charge in [0, 0.05) is 19.3 Å². The zero-order valence-corrected chi connectivity index (χ0v) is 47.0. The summed E-state index contributed by atoms with van der Waals surface area (Å²) in [5.41, 5.74) is 0. The van der Waals surface area contributed by atoms with E-state index in [0.29, 0.717) is 19.3 Å². The number of esters is 3. The van der Waals surface area contributed by atoms with Gasteiger partial charge in [0.2, 0.25) is 0 Å². The Labute approximate surface area is 440 Å². The first-order valence-corrected chi connectivity index (χ1v) is 30.4. The van der Waals surface area contributed by atoms with E-state index in [4.69, 9.17) is 14.2 Å². The Morgan fingerprint density at radius 2 is 0.549 bits per heavy atom. The van der Waals surface area contributed by atoms with E-state index in [1.807, 2.05) is 0 Å². The number of carbonyl (C=O) groups is 3. The molecular formula is C65H114O6. The van der Waals surface area contributed by atoms with E-state index in [9.17, 15) is 14.4 Å². The fourth-order valence-corrected chi connectivity index (χ4v) is 8.71. The summed E-state index contributed by atoms with van der Waals surface area (Å²) in [6, 6.07) is 0. The molecule has 0 aliphatic heterocycles. The summed E-state index contributed by atoms with van der Waals surface area (Å²) in [5, 5.41) is 0. The van der Waals surface area contributed by atoms with E-state index in [0.717, 1.165) is 109 Å². The van der Waals surface area contributed by atoms with Crippen molar-refractivity contribution < 1.29 is 28.6 Å². The predicted octanol–water partition coefficient (Wildman–Crippen LogP) is 20.5. The Bertz CT molecular complexity index is 1320. The lowest BCUT2D eigenvalue weighted by Crippen LogP contribution is -2.30. The van der Waals surface area contributed by atoms with Gasteiger partial charge in [0.05, 0.1) is 0 Å². The zero-order valence-electron chi connectivity index (χ0n) is 47.0. The summed E-state index contributed by atoms with van der Waals surface area (Å²) >= 11 is 0. The van der Waals surface area contributed by atoms with Gasteiger partial charge in [-0.2, -0.15) is 0 Å². The van der Waals surface area contributed by atoms with Crippen molar-refractivity contribution >= 4 is 17.9 Å². The molecule has 0 rings (SSSR count). The smallest absolute Gasteiger partial charge is 0.306 e. The minimum Gasteiger partial charge on any atom is -0.462 e. The van der Waals surface area contributed by atoms with Crippen molar-refractivity contribution in [2.24, 2.45) is 0 Å². The first-order chi connectivity index (χ1) is 35.0. The maximum absolute atomic E-state index is 12.9. The third kappa shape index (κ3) is 57.6. The highest BCUT2D eigenvalue weighted by atomic mass is 16.6. The highest BCUT2D eigenvalue weighted by Gasteiger charge is 2.19. The van der Waals surface area contributed by atoms with Gasteiger partial charge in [-0.25, -0.2) is 0 Å². The number of ether oxygens (including phenoxy) is 3. The number of unbranched alkanes of at least 4 members (excludes halogenated alkanes) is 32. The first kappa shape index (κ1) is 67.8. The van der Waals surface area contributed by atoms with Crippen molar-refractivity contribution in [2.75, 3.05) is 13.2 Å². The van der Waals surface area contributed by atoms with Gasteiger partial charge in [0.15, 0.2) is 6.10 Å². The molecule has 0 aliphatic carbocycles. The van der Waals surface area contributed by atoms with Crippen LogP contribution in [0.15, 0.2) is 72.9 Å². The van der Waals surface area contributed by atoms with E-state index < -0.39 is 6.10 Å². The van der Waals surface area contributed by atoms with Gasteiger partial charge in [-0.3, -0.25) is 14.4 Å². The zero-order chi connectivity index (χ0) is 51.4. The quantitative estimate of drug-likeness (QED) is 0.0261. The summed E-state index contributed by atoms with van der Waals surface area (Å²) < 4.78 is 16.9. The van der Waals surface area contributed by atoms with Crippen LogP contribution in [0.4, 0.5) is 0 Å². The Kier molecular flexibility index (Phi) is 56.8. The van der Waals surface area contributed by atoms with Crippen molar-refractivity contribution in [2.45, 2.75) is 309 Å². The van der Waals surface area contributed by atoms with Crippen molar-refractivity contribution in [1.82, 2.24) is 0 Å². The second-order valence-electron chi connectivity index (χ2n) is 20.2. The van der Waals surface area contributed by atoms with Crippen LogP contribution >= 0.6 is 0 Å². The third-order valence-corrected chi connectivity index (χ3v) is 13.2. The monoisotopic (exact) mass is 991 g/mol. The lowest BCUT2D eigenvalue weighted by Gasteiger charge is -2.18. The van der Waals surface area contributed by atoms with Crippen LogP contribution in [0, 0.1) is 0 Å². The molecule has 410 valence electrons. The summed E-state index contributed by atoms with van der Waals surface area (Å²) in [6.45, 7) is 6.42. The Morgan fingerprint density at radius 1 is 0.296 bits per heavy atom. The van der Waals surface area contributed by atoms with Crippen LogP contribution in [0.1, 0.15) is 303 Å². The number of hydrogen-bond acceptors (Lipinski definition) is 6. The molecule has 1 unspecified atom stereocenters. The molecule has 6 heteroatoms. The van der Waals surface area contributed by atoms with E-state index in [-0.39, 0.29) is 31.1 Å². The van der Waals surface area contributed by atoms with Crippen LogP contribution in [-0.2, 0) is 28.6 Å². The van der Waals surface area contributed by atoms with Crippen LogP contribution in [0.5, 0.6) is 0 Å². The van der Waals surface area contributed by atoms with Crippen LogP contribution < -0.4 is 0 Å². The molecule has 1 atom stereocenters. The van der Waals surface area contributed by atoms with E-state index in [1.54, 1.807) is 0 Å².